The summed E-state index contributed by atoms with van der Waals surface area (Å²) in [6.45, 7) is 2.20. The van der Waals surface area contributed by atoms with Crippen molar-refractivity contribution < 1.29 is 14.3 Å². The summed E-state index contributed by atoms with van der Waals surface area (Å²) in [5, 5.41) is 3.13. The molecule has 1 amide bonds. The van der Waals surface area contributed by atoms with Crippen molar-refractivity contribution in [3.63, 3.8) is 0 Å². The van der Waals surface area contributed by atoms with Gasteiger partial charge in [-0.05, 0) is 36.0 Å². The van der Waals surface area contributed by atoms with Gasteiger partial charge in [0.2, 0.25) is 0 Å². The average Bonchev–Trinajstić information content (AvgIpc) is 3.10. The Balaban J connectivity index is 1.76. The minimum absolute atomic E-state index is 0.0161. The van der Waals surface area contributed by atoms with Crippen molar-refractivity contribution in [2.45, 2.75) is 19.4 Å². The van der Waals surface area contributed by atoms with Gasteiger partial charge in [-0.1, -0.05) is 37.3 Å². The Morgan fingerprint density at radius 2 is 1.83 bits per heavy atom. The Labute approximate surface area is 139 Å². The summed E-state index contributed by atoms with van der Waals surface area (Å²) in [6, 6.07) is 13.4. The number of rotatable bonds is 5. The number of esters is 1. The van der Waals surface area contributed by atoms with E-state index in [-0.39, 0.29) is 11.9 Å². The third-order valence-electron chi connectivity index (χ3n) is 4.26. The fraction of sp³-hybridized carbons (Fsp3) is 0.333. The summed E-state index contributed by atoms with van der Waals surface area (Å²) in [6.07, 6.45) is 1.12. The van der Waals surface area contributed by atoms with Gasteiger partial charge in [-0.3, -0.25) is 4.79 Å². The maximum Gasteiger partial charge on any atom is 0.348 e. The van der Waals surface area contributed by atoms with Crippen LogP contribution in [0.25, 0.3) is 0 Å². The molecule has 0 spiro atoms. The molecule has 120 valence electrons. The SMILES string of the molecule is COC(=O)c1ccc(C(=O)NC(c2ccccc2)C2CC2C)s1. The van der Waals surface area contributed by atoms with Crippen molar-refractivity contribution in [3.8, 4) is 0 Å². The highest BCUT2D eigenvalue weighted by Gasteiger charge is 2.41. The summed E-state index contributed by atoms with van der Waals surface area (Å²) in [4.78, 5) is 25.0. The number of ether oxygens (including phenoxy) is 1. The molecule has 23 heavy (non-hydrogen) atoms. The van der Waals surface area contributed by atoms with E-state index in [0.717, 1.165) is 23.3 Å². The summed E-state index contributed by atoms with van der Waals surface area (Å²) in [7, 11) is 1.34. The zero-order valence-electron chi connectivity index (χ0n) is 13.1. The molecule has 3 unspecified atom stereocenters. The second-order valence-electron chi connectivity index (χ2n) is 5.89. The molecule has 1 aromatic heterocycles. The lowest BCUT2D eigenvalue weighted by molar-refractivity contribution is 0.0606. The van der Waals surface area contributed by atoms with Gasteiger partial charge in [0.15, 0.2) is 0 Å². The summed E-state index contributed by atoms with van der Waals surface area (Å²) < 4.78 is 4.68. The fourth-order valence-electron chi connectivity index (χ4n) is 2.80. The lowest BCUT2D eigenvalue weighted by Crippen LogP contribution is -2.29. The molecule has 3 rings (SSSR count). The number of hydrogen-bond donors (Lipinski definition) is 1. The van der Waals surface area contributed by atoms with Crippen LogP contribution in [0.4, 0.5) is 0 Å². The maximum absolute atomic E-state index is 12.5. The Morgan fingerprint density at radius 1 is 1.17 bits per heavy atom. The second-order valence-corrected chi connectivity index (χ2v) is 6.98. The number of methoxy groups -OCH3 is 1. The van der Waals surface area contributed by atoms with E-state index in [1.807, 2.05) is 30.3 Å². The Bertz CT molecular complexity index is 710. The van der Waals surface area contributed by atoms with Crippen molar-refractivity contribution in [1.29, 1.82) is 0 Å². The molecular formula is C18H19NO3S. The van der Waals surface area contributed by atoms with E-state index >= 15 is 0 Å². The number of carbonyl (C=O) groups excluding carboxylic acids is 2. The first-order valence-electron chi connectivity index (χ1n) is 7.64. The predicted octanol–water partition coefficient (Wildman–Crippen LogP) is 3.66. The molecule has 1 saturated carbocycles. The van der Waals surface area contributed by atoms with E-state index in [2.05, 4.69) is 17.0 Å². The minimum atomic E-state index is -0.413. The van der Waals surface area contributed by atoms with Gasteiger partial charge in [-0.15, -0.1) is 11.3 Å². The van der Waals surface area contributed by atoms with E-state index < -0.39 is 5.97 Å². The molecule has 0 aliphatic heterocycles. The minimum Gasteiger partial charge on any atom is -0.465 e. The van der Waals surface area contributed by atoms with Crippen LogP contribution in [0.5, 0.6) is 0 Å². The maximum atomic E-state index is 12.5. The molecule has 4 nitrogen and oxygen atoms in total. The smallest absolute Gasteiger partial charge is 0.348 e. The lowest BCUT2D eigenvalue weighted by atomic mass is 10.0. The topological polar surface area (TPSA) is 55.4 Å². The van der Waals surface area contributed by atoms with Crippen LogP contribution in [-0.4, -0.2) is 19.0 Å². The van der Waals surface area contributed by atoms with Gasteiger partial charge in [0.25, 0.3) is 5.91 Å². The molecule has 1 aliphatic rings. The van der Waals surface area contributed by atoms with Crippen molar-refractivity contribution in [1.82, 2.24) is 5.32 Å². The van der Waals surface area contributed by atoms with E-state index in [0.29, 0.717) is 21.6 Å². The van der Waals surface area contributed by atoms with Gasteiger partial charge in [0.05, 0.1) is 18.0 Å². The molecular weight excluding hydrogens is 310 g/mol. The molecule has 5 heteroatoms. The van der Waals surface area contributed by atoms with Crippen molar-refractivity contribution in [3.05, 3.63) is 57.8 Å². The molecule has 1 heterocycles. The largest absolute Gasteiger partial charge is 0.465 e. The van der Waals surface area contributed by atoms with Gasteiger partial charge in [0.1, 0.15) is 4.88 Å². The third kappa shape index (κ3) is 3.45. The molecule has 0 radical (unpaired) electrons. The molecule has 0 bridgehead atoms. The van der Waals surface area contributed by atoms with Gasteiger partial charge in [0, 0.05) is 0 Å². The number of thiophene rings is 1. The number of amides is 1. The quantitative estimate of drug-likeness (QED) is 0.852. The van der Waals surface area contributed by atoms with Gasteiger partial charge >= 0.3 is 5.97 Å². The van der Waals surface area contributed by atoms with Crippen LogP contribution in [0.3, 0.4) is 0 Å². The highest BCUT2D eigenvalue weighted by Crippen LogP contribution is 2.47. The summed E-state index contributed by atoms with van der Waals surface area (Å²) >= 11 is 1.16. The van der Waals surface area contributed by atoms with E-state index in [1.54, 1.807) is 12.1 Å². The van der Waals surface area contributed by atoms with Crippen molar-refractivity contribution in [2.24, 2.45) is 11.8 Å². The van der Waals surface area contributed by atoms with Crippen LogP contribution in [-0.2, 0) is 4.74 Å². The normalized spacial score (nSPS) is 20.6. The molecule has 1 aliphatic carbocycles. The first-order valence-corrected chi connectivity index (χ1v) is 8.45. The molecule has 2 aromatic rings. The van der Waals surface area contributed by atoms with E-state index in [9.17, 15) is 9.59 Å². The third-order valence-corrected chi connectivity index (χ3v) is 5.33. The van der Waals surface area contributed by atoms with Crippen molar-refractivity contribution >= 4 is 23.2 Å². The fourth-order valence-corrected chi connectivity index (χ4v) is 3.62. The van der Waals surface area contributed by atoms with Crippen LogP contribution in [0.2, 0.25) is 0 Å². The number of hydrogen-bond acceptors (Lipinski definition) is 4. The van der Waals surface area contributed by atoms with Crippen LogP contribution in [0, 0.1) is 11.8 Å². The average molecular weight is 329 g/mol. The number of nitrogens with one attached hydrogen (secondary N) is 1. The summed E-state index contributed by atoms with van der Waals surface area (Å²) in [5.74, 6) is 0.540. The van der Waals surface area contributed by atoms with E-state index in [1.165, 1.54) is 7.11 Å². The van der Waals surface area contributed by atoms with Crippen molar-refractivity contribution in [2.75, 3.05) is 7.11 Å². The van der Waals surface area contributed by atoms with Gasteiger partial charge < -0.3 is 10.1 Å². The van der Waals surface area contributed by atoms with Crippen LogP contribution >= 0.6 is 11.3 Å². The van der Waals surface area contributed by atoms with Gasteiger partial charge in [-0.25, -0.2) is 4.79 Å². The first kappa shape index (κ1) is 15.7. The molecule has 1 N–H and O–H groups in total. The number of carbonyl (C=O) groups is 2. The standard InChI is InChI=1S/C18H19NO3S/c1-11-10-13(11)16(12-6-4-3-5-7-12)19-17(20)14-8-9-15(23-14)18(21)22-2/h3-9,11,13,16H,10H2,1-2H3,(H,19,20). The van der Waals surface area contributed by atoms with Crippen LogP contribution in [0.1, 0.15) is 44.3 Å². The van der Waals surface area contributed by atoms with Gasteiger partial charge in [-0.2, -0.15) is 0 Å². The molecule has 1 fully saturated rings. The zero-order valence-corrected chi connectivity index (χ0v) is 13.9. The van der Waals surface area contributed by atoms with Crippen LogP contribution < -0.4 is 5.32 Å². The molecule has 3 atom stereocenters. The van der Waals surface area contributed by atoms with E-state index in [4.69, 9.17) is 0 Å². The predicted molar refractivity (Wildman–Crippen MR) is 89.6 cm³/mol. The summed E-state index contributed by atoms with van der Waals surface area (Å²) in [5.41, 5.74) is 1.12. The Hall–Kier alpha value is -2.14. The Kier molecular flexibility index (Phi) is 4.48. The molecule has 1 aromatic carbocycles. The highest BCUT2D eigenvalue weighted by molar-refractivity contribution is 7.15. The zero-order chi connectivity index (χ0) is 16.4. The molecule has 0 saturated heterocycles. The lowest BCUT2D eigenvalue weighted by Gasteiger charge is -2.19. The second kappa shape index (κ2) is 6.54. The first-order chi connectivity index (χ1) is 11.1. The Morgan fingerprint density at radius 3 is 2.43 bits per heavy atom. The number of benzene rings is 1. The van der Waals surface area contributed by atoms with Crippen LogP contribution in [0.15, 0.2) is 42.5 Å². The highest BCUT2D eigenvalue weighted by atomic mass is 32.1. The monoisotopic (exact) mass is 329 g/mol.